The monoisotopic (exact) mass is 493 g/mol. The Labute approximate surface area is 216 Å². The van der Waals surface area contributed by atoms with Crippen LogP contribution >= 0.6 is 0 Å². The first-order valence-electron chi connectivity index (χ1n) is 12.9. The number of aryl methyl sites for hydroxylation is 2. The van der Waals surface area contributed by atoms with E-state index < -0.39 is 0 Å². The molecule has 0 bridgehead atoms. The number of hydrazone groups is 1. The van der Waals surface area contributed by atoms with Crippen molar-refractivity contribution >= 4 is 34.0 Å². The van der Waals surface area contributed by atoms with Gasteiger partial charge in [-0.1, -0.05) is 61.9 Å². The van der Waals surface area contributed by atoms with E-state index in [1.807, 2.05) is 55.5 Å². The molecule has 1 aromatic heterocycles. The Hall–Kier alpha value is -4.19. The highest BCUT2D eigenvalue weighted by molar-refractivity contribution is 6.11. The fourth-order valence-electron chi connectivity index (χ4n) is 4.92. The molecule has 1 aliphatic carbocycles. The van der Waals surface area contributed by atoms with Crippen molar-refractivity contribution in [3.63, 3.8) is 0 Å². The van der Waals surface area contributed by atoms with Gasteiger partial charge in [0.25, 0.3) is 11.8 Å². The van der Waals surface area contributed by atoms with E-state index in [2.05, 4.69) is 34.9 Å². The van der Waals surface area contributed by atoms with Crippen LogP contribution in [0.25, 0.3) is 10.8 Å². The third kappa shape index (κ3) is 5.19. The first-order chi connectivity index (χ1) is 18.0. The van der Waals surface area contributed by atoms with Gasteiger partial charge >= 0.3 is 0 Å². The van der Waals surface area contributed by atoms with Crippen molar-refractivity contribution < 1.29 is 14.0 Å². The largest absolute Gasteiger partial charge is 0.455 e. The fraction of sp³-hybridized carbons (Fsp3) is 0.258. The lowest BCUT2D eigenvalue weighted by atomic mass is 9.93. The minimum absolute atomic E-state index is 0.266. The van der Waals surface area contributed by atoms with E-state index in [0.29, 0.717) is 12.0 Å². The first-order valence-corrected chi connectivity index (χ1v) is 12.9. The molecule has 37 heavy (non-hydrogen) atoms. The standard InChI is InChI=1S/C31H31N3O3/c1-3-4-9-21-16-18-23(19-17-21)32-31(36)29-20(2)28-26(14-8-15-27(28)37-29)33-34-30(35)25-13-7-11-22-10-5-6-12-24(22)25/h5-7,10-13,16-19H,3-4,8-9,14-15H2,1-2H3,(H,32,36)(H,34,35)/b33-26+. The number of anilines is 1. The molecular weight excluding hydrogens is 462 g/mol. The third-order valence-electron chi connectivity index (χ3n) is 6.89. The number of nitrogens with zero attached hydrogens (tertiary/aromatic N) is 1. The number of hydrogen-bond donors (Lipinski definition) is 2. The van der Waals surface area contributed by atoms with E-state index in [1.54, 1.807) is 6.07 Å². The molecule has 0 aliphatic heterocycles. The molecule has 1 heterocycles. The van der Waals surface area contributed by atoms with E-state index in [1.165, 1.54) is 5.56 Å². The van der Waals surface area contributed by atoms with E-state index in [4.69, 9.17) is 4.42 Å². The van der Waals surface area contributed by atoms with Gasteiger partial charge in [0, 0.05) is 28.8 Å². The highest BCUT2D eigenvalue weighted by Gasteiger charge is 2.28. The van der Waals surface area contributed by atoms with E-state index >= 15 is 0 Å². The molecule has 0 fully saturated rings. The minimum Gasteiger partial charge on any atom is -0.455 e. The summed E-state index contributed by atoms with van der Waals surface area (Å²) >= 11 is 0. The van der Waals surface area contributed by atoms with Crippen LogP contribution in [-0.4, -0.2) is 17.5 Å². The zero-order chi connectivity index (χ0) is 25.8. The summed E-state index contributed by atoms with van der Waals surface area (Å²) in [6.07, 6.45) is 5.60. The van der Waals surface area contributed by atoms with Crippen LogP contribution < -0.4 is 10.7 Å². The average molecular weight is 494 g/mol. The number of amides is 2. The van der Waals surface area contributed by atoms with Crippen LogP contribution in [0.3, 0.4) is 0 Å². The van der Waals surface area contributed by atoms with E-state index in [0.717, 1.165) is 71.2 Å². The molecule has 2 amide bonds. The highest BCUT2D eigenvalue weighted by Crippen LogP contribution is 2.30. The molecule has 0 atom stereocenters. The normalized spacial score (nSPS) is 13.9. The van der Waals surface area contributed by atoms with Gasteiger partial charge in [0.1, 0.15) is 5.76 Å². The van der Waals surface area contributed by atoms with Gasteiger partial charge in [0.05, 0.1) is 5.71 Å². The maximum Gasteiger partial charge on any atom is 0.291 e. The first kappa shape index (κ1) is 24.5. The van der Waals surface area contributed by atoms with Crippen LogP contribution in [0.4, 0.5) is 5.69 Å². The van der Waals surface area contributed by atoms with Crippen LogP contribution in [0.5, 0.6) is 0 Å². The van der Waals surface area contributed by atoms with Gasteiger partial charge < -0.3 is 9.73 Å². The van der Waals surface area contributed by atoms with Gasteiger partial charge in [-0.15, -0.1) is 0 Å². The molecule has 0 radical (unpaired) electrons. The quantitative estimate of drug-likeness (QED) is 0.278. The fourth-order valence-corrected chi connectivity index (χ4v) is 4.92. The lowest BCUT2D eigenvalue weighted by Gasteiger charge is -2.13. The van der Waals surface area contributed by atoms with Gasteiger partial charge in [-0.25, -0.2) is 5.43 Å². The van der Waals surface area contributed by atoms with Crippen molar-refractivity contribution in [2.45, 2.75) is 52.4 Å². The second kappa shape index (κ2) is 10.8. The number of carbonyl (C=O) groups excluding carboxylic acids is 2. The number of rotatable bonds is 7. The summed E-state index contributed by atoms with van der Waals surface area (Å²) in [6, 6.07) is 21.4. The number of hydrogen-bond acceptors (Lipinski definition) is 4. The van der Waals surface area contributed by atoms with Gasteiger partial charge in [-0.05, 0) is 67.1 Å². The number of carbonyl (C=O) groups is 2. The number of benzene rings is 3. The lowest BCUT2D eigenvalue weighted by Crippen LogP contribution is -2.22. The molecule has 3 aromatic carbocycles. The summed E-state index contributed by atoms with van der Waals surface area (Å²) in [5, 5.41) is 9.32. The molecular formula is C31H31N3O3. The molecule has 4 aromatic rings. The minimum atomic E-state index is -0.285. The predicted molar refractivity (Wildman–Crippen MR) is 147 cm³/mol. The van der Waals surface area contributed by atoms with Crippen LogP contribution in [-0.2, 0) is 12.8 Å². The van der Waals surface area contributed by atoms with E-state index in [-0.39, 0.29) is 17.6 Å². The van der Waals surface area contributed by atoms with Crippen molar-refractivity contribution in [3.05, 3.63) is 101 Å². The van der Waals surface area contributed by atoms with E-state index in [9.17, 15) is 9.59 Å². The predicted octanol–water partition coefficient (Wildman–Crippen LogP) is 6.81. The number of furan rings is 1. The van der Waals surface area contributed by atoms with Crippen LogP contribution in [0.2, 0.25) is 0 Å². The van der Waals surface area contributed by atoms with Crippen molar-refractivity contribution in [2.24, 2.45) is 5.10 Å². The Morgan fingerprint density at radius 1 is 0.946 bits per heavy atom. The second-order valence-electron chi connectivity index (χ2n) is 9.49. The Kier molecular flexibility index (Phi) is 7.17. The molecule has 1 aliphatic rings. The Morgan fingerprint density at radius 3 is 2.54 bits per heavy atom. The summed E-state index contributed by atoms with van der Waals surface area (Å²) in [7, 11) is 0. The Bertz CT molecular complexity index is 1480. The van der Waals surface area contributed by atoms with Crippen LogP contribution in [0.1, 0.15) is 76.0 Å². The summed E-state index contributed by atoms with van der Waals surface area (Å²) < 4.78 is 6.02. The van der Waals surface area contributed by atoms with Crippen molar-refractivity contribution in [3.8, 4) is 0 Å². The topological polar surface area (TPSA) is 83.7 Å². The molecule has 0 saturated heterocycles. The third-order valence-corrected chi connectivity index (χ3v) is 6.89. The maximum atomic E-state index is 13.1. The van der Waals surface area contributed by atoms with Crippen molar-refractivity contribution in [1.82, 2.24) is 5.43 Å². The maximum absolute atomic E-state index is 13.1. The lowest BCUT2D eigenvalue weighted by molar-refractivity contribution is 0.0955. The van der Waals surface area contributed by atoms with Gasteiger partial charge in [-0.2, -0.15) is 5.10 Å². The highest BCUT2D eigenvalue weighted by atomic mass is 16.4. The number of nitrogens with one attached hydrogen (secondary N) is 2. The molecule has 5 rings (SSSR count). The number of fused-ring (bicyclic) bond motifs is 2. The molecule has 2 N–H and O–H groups in total. The average Bonchev–Trinajstić information content (AvgIpc) is 3.28. The van der Waals surface area contributed by atoms with Crippen LogP contribution in [0.15, 0.2) is 76.2 Å². The molecule has 0 spiro atoms. The zero-order valence-corrected chi connectivity index (χ0v) is 21.3. The van der Waals surface area contributed by atoms with Crippen molar-refractivity contribution in [1.29, 1.82) is 0 Å². The zero-order valence-electron chi connectivity index (χ0n) is 21.3. The Morgan fingerprint density at radius 2 is 1.73 bits per heavy atom. The molecule has 188 valence electrons. The summed E-state index contributed by atoms with van der Waals surface area (Å²) in [5.74, 6) is 0.474. The van der Waals surface area contributed by atoms with Gasteiger partial charge in [-0.3, -0.25) is 9.59 Å². The summed E-state index contributed by atoms with van der Waals surface area (Å²) in [5.41, 5.74) is 7.59. The molecule has 0 saturated carbocycles. The summed E-state index contributed by atoms with van der Waals surface area (Å²) in [6.45, 7) is 4.05. The second-order valence-corrected chi connectivity index (χ2v) is 9.49. The molecule has 6 nitrogen and oxygen atoms in total. The van der Waals surface area contributed by atoms with Gasteiger partial charge in [0.15, 0.2) is 5.76 Å². The Balaban J connectivity index is 1.34. The smallest absolute Gasteiger partial charge is 0.291 e. The number of unbranched alkanes of at least 4 members (excludes halogenated alkanes) is 1. The molecule has 0 unspecified atom stereocenters. The SMILES string of the molecule is CCCCc1ccc(NC(=O)c2oc3c(c2C)/C(=N/NC(=O)c2cccc4ccccc24)CCC3)cc1. The summed E-state index contributed by atoms with van der Waals surface area (Å²) in [4.78, 5) is 26.1. The van der Waals surface area contributed by atoms with Gasteiger partial charge in [0.2, 0.25) is 0 Å². The van der Waals surface area contributed by atoms with Crippen LogP contribution in [0, 0.1) is 6.92 Å². The van der Waals surface area contributed by atoms with Crippen molar-refractivity contribution in [2.75, 3.05) is 5.32 Å². The molecule has 6 heteroatoms.